The molecule has 0 aromatic carbocycles. The Balaban J connectivity index is 1.70. The third kappa shape index (κ3) is 5.46. The molecule has 3 N–H and O–H groups in total. The minimum atomic E-state index is -2.48. The number of aryl methyl sites for hydroxylation is 1. The maximum atomic E-state index is 14.8. The zero-order chi connectivity index (χ0) is 24.9. The summed E-state index contributed by atoms with van der Waals surface area (Å²) in [7, 11) is 1.46. The van der Waals surface area contributed by atoms with E-state index in [1.165, 1.54) is 19.3 Å². The van der Waals surface area contributed by atoms with Gasteiger partial charge in [0.2, 0.25) is 0 Å². The van der Waals surface area contributed by atoms with Crippen molar-refractivity contribution in [2.75, 3.05) is 50.0 Å². The van der Waals surface area contributed by atoms with Gasteiger partial charge >= 0.3 is 6.03 Å². The molecule has 31 heavy (non-hydrogen) atoms. The average molecular weight is 433 g/mol. The molecule has 0 radical (unpaired) electrons. The number of anilines is 2. The van der Waals surface area contributed by atoms with Crippen molar-refractivity contribution < 1.29 is 18.1 Å². The molecule has 0 bridgehead atoms. The lowest BCUT2D eigenvalue weighted by atomic mass is 10.2. The molecule has 1 aliphatic heterocycles. The first-order chi connectivity index (χ1) is 16.1. The molecular formula is C21H28FN7O2. The molecule has 166 valence electrons. The second kappa shape index (κ2) is 10.2. The van der Waals surface area contributed by atoms with E-state index in [-0.39, 0.29) is 17.2 Å². The molecule has 2 aromatic rings. The van der Waals surface area contributed by atoms with E-state index in [1.807, 2.05) is 9.80 Å². The van der Waals surface area contributed by atoms with E-state index in [2.05, 4.69) is 25.9 Å². The van der Waals surface area contributed by atoms with Crippen LogP contribution in [0.4, 0.5) is 20.7 Å². The number of halogens is 1. The van der Waals surface area contributed by atoms with E-state index in [0.29, 0.717) is 50.5 Å². The minimum absolute atomic E-state index is 0.0428. The first kappa shape index (κ1) is 18.5. The second-order valence-electron chi connectivity index (χ2n) is 7.02. The molecule has 0 atom stereocenters. The van der Waals surface area contributed by atoms with Crippen LogP contribution in [0.15, 0.2) is 24.4 Å². The van der Waals surface area contributed by atoms with Crippen molar-refractivity contribution in [3.05, 3.63) is 47.2 Å². The van der Waals surface area contributed by atoms with E-state index in [1.54, 1.807) is 19.1 Å². The van der Waals surface area contributed by atoms with Crippen LogP contribution < -0.4 is 20.9 Å². The van der Waals surface area contributed by atoms with Gasteiger partial charge in [-0.25, -0.2) is 19.2 Å². The number of hydrogen-bond donors (Lipinski definition) is 3. The highest BCUT2D eigenvalue weighted by Crippen LogP contribution is 2.22. The van der Waals surface area contributed by atoms with Crippen LogP contribution in [0.5, 0.6) is 0 Å². The summed E-state index contributed by atoms with van der Waals surface area (Å²) in [5, 5.41) is 7.38. The van der Waals surface area contributed by atoms with E-state index >= 15 is 0 Å². The maximum Gasteiger partial charge on any atom is 0.320 e. The van der Waals surface area contributed by atoms with Crippen LogP contribution in [0, 0.1) is 12.7 Å². The number of amides is 3. The van der Waals surface area contributed by atoms with Crippen LogP contribution >= 0.6 is 0 Å². The molecule has 1 fully saturated rings. The average Bonchev–Trinajstić information content (AvgIpc) is 2.81. The number of carbonyl (C=O) groups excluding carboxylic acids is 2. The van der Waals surface area contributed by atoms with Gasteiger partial charge in [0, 0.05) is 62.2 Å². The van der Waals surface area contributed by atoms with Gasteiger partial charge in [0.15, 0.2) is 11.6 Å². The zero-order valence-corrected chi connectivity index (χ0v) is 17.5. The number of piperazine rings is 1. The SMILES string of the molecule is [2H]C([2H])([2H])c1nc(C(=O)NC)ccc1N1CCN(Cc2ccnc(NC(=O)NCC)c2F)CC1. The molecule has 9 nitrogen and oxygen atoms in total. The quantitative estimate of drug-likeness (QED) is 0.643. The predicted molar refractivity (Wildman–Crippen MR) is 117 cm³/mol. The first-order valence-electron chi connectivity index (χ1n) is 11.5. The van der Waals surface area contributed by atoms with E-state index in [4.69, 9.17) is 4.11 Å². The van der Waals surface area contributed by atoms with Crippen molar-refractivity contribution in [2.24, 2.45) is 0 Å². The van der Waals surface area contributed by atoms with Gasteiger partial charge in [-0.15, -0.1) is 0 Å². The normalized spacial score (nSPS) is 16.1. The third-order valence-electron chi connectivity index (χ3n) is 4.98. The highest BCUT2D eigenvalue weighted by atomic mass is 19.1. The number of urea groups is 1. The molecule has 1 aliphatic rings. The van der Waals surface area contributed by atoms with Crippen molar-refractivity contribution in [1.29, 1.82) is 0 Å². The third-order valence-corrected chi connectivity index (χ3v) is 4.98. The lowest BCUT2D eigenvalue weighted by molar-refractivity contribution is 0.0958. The van der Waals surface area contributed by atoms with Crippen molar-refractivity contribution in [2.45, 2.75) is 20.3 Å². The summed E-state index contributed by atoms with van der Waals surface area (Å²) >= 11 is 0. The maximum absolute atomic E-state index is 14.8. The Morgan fingerprint density at radius 1 is 1.23 bits per heavy atom. The molecule has 2 aromatic heterocycles. The standard InChI is InChI=1S/C21H28FN7O2/c1-4-24-21(31)27-19-18(22)15(7-8-25-19)13-28-9-11-29(12-10-28)17-6-5-16(20(30)23-3)26-14(17)2/h5-8H,4,9-13H2,1-3H3,(H,23,30)(H2,24,25,27,31)/i2D3. The van der Waals surface area contributed by atoms with E-state index in [9.17, 15) is 14.0 Å². The van der Waals surface area contributed by atoms with Gasteiger partial charge in [0.1, 0.15) is 5.69 Å². The van der Waals surface area contributed by atoms with Crippen molar-refractivity contribution in [3.63, 3.8) is 0 Å². The predicted octanol–water partition coefficient (Wildman–Crippen LogP) is 1.75. The van der Waals surface area contributed by atoms with Crippen LogP contribution in [0.2, 0.25) is 0 Å². The second-order valence-corrected chi connectivity index (χ2v) is 7.02. The lowest BCUT2D eigenvalue weighted by Crippen LogP contribution is -2.46. The molecule has 1 saturated heterocycles. The van der Waals surface area contributed by atoms with Crippen molar-refractivity contribution in [1.82, 2.24) is 25.5 Å². The Morgan fingerprint density at radius 2 is 2.00 bits per heavy atom. The minimum Gasteiger partial charge on any atom is -0.368 e. The van der Waals surface area contributed by atoms with E-state index in [0.717, 1.165) is 0 Å². The highest BCUT2D eigenvalue weighted by molar-refractivity contribution is 5.92. The number of hydrogen-bond acceptors (Lipinski definition) is 6. The summed E-state index contributed by atoms with van der Waals surface area (Å²) in [6.45, 7) is 2.10. The number of nitrogens with one attached hydrogen (secondary N) is 3. The number of aromatic nitrogens is 2. The molecule has 3 heterocycles. The summed E-state index contributed by atoms with van der Waals surface area (Å²) < 4.78 is 38.4. The largest absolute Gasteiger partial charge is 0.368 e. The van der Waals surface area contributed by atoms with Crippen molar-refractivity contribution >= 4 is 23.4 Å². The van der Waals surface area contributed by atoms with Crippen LogP contribution in [0.1, 0.15) is 32.8 Å². The van der Waals surface area contributed by atoms with Gasteiger partial charge in [0.25, 0.3) is 5.91 Å². The first-order valence-corrected chi connectivity index (χ1v) is 10.0. The molecule has 3 rings (SSSR count). The Kier molecular flexibility index (Phi) is 6.06. The molecule has 3 amide bonds. The van der Waals surface area contributed by atoms with Crippen LogP contribution in [-0.4, -0.2) is 66.6 Å². The summed E-state index contributed by atoms with van der Waals surface area (Å²) in [6, 6.07) is 4.15. The molecule has 0 saturated carbocycles. The number of rotatable bonds is 6. The van der Waals surface area contributed by atoms with Crippen LogP contribution in [0.25, 0.3) is 0 Å². The number of carbonyl (C=O) groups is 2. The van der Waals surface area contributed by atoms with Crippen LogP contribution in [0.3, 0.4) is 0 Å². The zero-order valence-electron chi connectivity index (χ0n) is 20.5. The fourth-order valence-electron chi connectivity index (χ4n) is 3.35. The van der Waals surface area contributed by atoms with Crippen molar-refractivity contribution in [3.8, 4) is 0 Å². The van der Waals surface area contributed by atoms with E-state index < -0.39 is 24.6 Å². The fourth-order valence-corrected chi connectivity index (χ4v) is 3.35. The molecule has 0 spiro atoms. The Morgan fingerprint density at radius 3 is 2.68 bits per heavy atom. The van der Waals surface area contributed by atoms with Gasteiger partial charge in [-0.2, -0.15) is 0 Å². The Labute approximate surface area is 185 Å². The number of nitrogens with zero attached hydrogens (tertiary/aromatic N) is 4. The monoisotopic (exact) mass is 432 g/mol. The van der Waals surface area contributed by atoms with Gasteiger partial charge in [-0.1, -0.05) is 0 Å². The highest BCUT2D eigenvalue weighted by Gasteiger charge is 2.21. The summed E-state index contributed by atoms with van der Waals surface area (Å²) in [6.07, 6.45) is 1.44. The Bertz CT molecular complexity index is 1040. The summed E-state index contributed by atoms with van der Waals surface area (Å²) in [5.41, 5.74) is 0.773. The van der Waals surface area contributed by atoms with Gasteiger partial charge in [-0.05, 0) is 32.0 Å². The summed E-state index contributed by atoms with van der Waals surface area (Å²) in [5.74, 6) is -1.18. The molecule has 10 heteroatoms. The summed E-state index contributed by atoms with van der Waals surface area (Å²) in [4.78, 5) is 35.5. The molecule has 0 aliphatic carbocycles. The smallest absolute Gasteiger partial charge is 0.320 e. The number of pyridine rings is 2. The van der Waals surface area contributed by atoms with Gasteiger partial charge in [0.05, 0.1) is 11.4 Å². The molecule has 0 unspecified atom stereocenters. The molecular weight excluding hydrogens is 401 g/mol. The van der Waals surface area contributed by atoms with Crippen LogP contribution in [-0.2, 0) is 6.54 Å². The van der Waals surface area contributed by atoms with Gasteiger partial charge < -0.3 is 15.5 Å². The Hall–Kier alpha value is -3.27. The van der Waals surface area contributed by atoms with Gasteiger partial charge in [-0.3, -0.25) is 15.0 Å². The lowest BCUT2D eigenvalue weighted by Gasteiger charge is -2.36. The topological polar surface area (TPSA) is 102 Å². The fraction of sp³-hybridized carbons (Fsp3) is 0.429.